The number of amides is 1. The molecule has 4 unspecified atom stereocenters. The average Bonchev–Trinajstić information content (AvgIpc) is 2.37. The molecule has 0 spiro atoms. The molecule has 4 heteroatoms. The SMILES string of the molecule is CC(N)C1CCCN(C(=O)C2CCCCC2(C)N)C1. The summed E-state index contributed by atoms with van der Waals surface area (Å²) >= 11 is 0. The Balaban J connectivity index is 2.02. The van der Waals surface area contributed by atoms with Crippen molar-refractivity contribution in [3.05, 3.63) is 0 Å². The second-order valence-electron chi connectivity index (χ2n) is 6.85. The van der Waals surface area contributed by atoms with Crippen LogP contribution in [0.3, 0.4) is 0 Å². The molecular weight excluding hydrogens is 238 g/mol. The number of nitrogens with two attached hydrogens (primary N) is 2. The fraction of sp³-hybridized carbons (Fsp3) is 0.933. The van der Waals surface area contributed by atoms with Gasteiger partial charge in [0.2, 0.25) is 5.91 Å². The zero-order valence-corrected chi connectivity index (χ0v) is 12.4. The van der Waals surface area contributed by atoms with E-state index < -0.39 is 0 Å². The number of likely N-dealkylation sites (tertiary alicyclic amines) is 1. The van der Waals surface area contributed by atoms with E-state index in [1.807, 2.05) is 18.7 Å². The third-order valence-corrected chi connectivity index (χ3v) is 5.07. The van der Waals surface area contributed by atoms with Crippen molar-refractivity contribution in [2.75, 3.05) is 13.1 Å². The Hall–Kier alpha value is -0.610. The molecule has 1 heterocycles. The molecule has 1 amide bonds. The van der Waals surface area contributed by atoms with Crippen molar-refractivity contribution in [3.63, 3.8) is 0 Å². The number of hydrogen-bond acceptors (Lipinski definition) is 3. The lowest BCUT2D eigenvalue weighted by Crippen LogP contribution is -2.56. The van der Waals surface area contributed by atoms with Gasteiger partial charge in [0.05, 0.1) is 5.92 Å². The lowest BCUT2D eigenvalue weighted by atomic mass is 9.73. The van der Waals surface area contributed by atoms with Crippen LogP contribution in [0.15, 0.2) is 0 Å². The van der Waals surface area contributed by atoms with Crippen LogP contribution < -0.4 is 11.5 Å². The van der Waals surface area contributed by atoms with E-state index in [0.717, 1.165) is 51.6 Å². The lowest BCUT2D eigenvalue weighted by molar-refractivity contribution is -0.140. The summed E-state index contributed by atoms with van der Waals surface area (Å²) in [6.45, 7) is 5.80. The van der Waals surface area contributed by atoms with Gasteiger partial charge >= 0.3 is 0 Å². The number of carbonyl (C=O) groups excluding carboxylic acids is 1. The molecule has 4 atom stereocenters. The number of nitrogens with zero attached hydrogens (tertiary/aromatic N) is 1. The van der Waals surface area contributed by atoms with Crippen molar-refractivity contribution in [1.29, 1.82) is 0 Å². The van der Waals surface area contributed by atoms with E-state index in [-0.39, 0.29) is 23.4 Å². The van der Waals surface area contributed by atoms with E-state index >= 15 is 0 Å². The van der Waals surface area contributed by atoms with Crippen LogP contribution in [-0.4, -0.2) is 35.5 Å². The predicted octanol–water partition coefficient (Wildman–Crippen LogP) is 1.48. The van der Waals surface area contributed by atoms with Crippen LogP contribution >= 0.6 is 0 Å². The average molecular weight is 267 g/mol. The van der Waals surface area contributed by atoms with Gasteiger partial charge in [-0.2, -0.15) is 0 Å². The van der Waals surface area contributed by atoms with E-state index in [0.29, 0.717) is 5.92 Å². The minimum atomic E-state index is -0.323. The first kappa shape index (κ1) is 14.8. The molecule has 0 aromatic carbocycles. The number of carbonyl (C=O) groups is 1. The Morgan fingerprint density at radius 2 is 2.05 bits per heavy atom. The monoisotopic (exact) mass is 267 g/mol. The molecule has 0 radical (unpaired) electrons. The van der Waals surface area contributed by atoms with E-state index in [1.54, 1.807) is 0 Å². The number of hydrogen-bond donors (Lipinski definition) is 2. The summed E-state index contributed by atoms with van der Waals surface area (Å²) in [5, 5.41) is 0. The molecule has 0 aromatic heterocycles. The second kappa shape index (κ2) is 5.80. The standard InChI is InChI=1S/C15H29N3O/c1-11(16)12-6-5-9-18(10-12)14(19)13-7-3-4-8-15(13,2)17/h11-13H,3-10,16-17H2,1-2H3. The minimum absolute atomic E-state index is 0.00748. The summed E-state index contributed by atoms with van der Waals surface area (Å²) in [5.41, 5.74) is 12.0. The summed E-state index contributed by atoms with van der Waals surface area (Å²) in [4.78, 5) is 14.8. The summed E-state index contributed by atoms with van der Waals surface area (Å²) in [5.74, 6) is 0.730. The largest absolute Gasteiger partial charge is 0.342 e. The molecule has 19 heavy (non-hydrogen) atoms. The van der Waals surface area contributed by atoms with Gasteiger partial charge in [-0.3, -0.25) is 4.79 Å². The van der Waals surface area contributed by atoms with Gasteiger partial charge in [-0.15, -0.1) is 0 Å². The maximum atomic E-state index is 12.7. The van der Waals surface area contributed by atoms with Crippen molar-refractivity contribution < 1.29 is 4.79 Å². The summed E-state index contributed by atoms with van der Waals surface area (Å²) in [6, 6.07) is 0.172. The van der Waals surface area contributed by atoms with Crippen LogP contribution in [0.5, 0.6) is 0 Å². The molecule has 110 valence electrons. The Morgan fingerprint density at radius 3 is 2.68 bits per heavy atom. The molecule has 1 saturated carbocycles. The Bertz CT molecular complexity index is 327. The lowest BCUT2D eigenvalue weighted by Gasteiger charge is -2.42. The highest BCUT2D eigenvalue weighted by Crippen LogP contribution is 2.34. The van der Waals surface area contributed by atoms with Crippen molar-refractivity contribution in [1.82, 2.24) is 4.90 Å². The number of piperidine rings is 1. The van der Waals surface area contributed by atoms with Crippen LogP contribution in [-0.2, 0) is 4.79 Å². The third kappa shape index (κ3) is 3.29. The van der Waals surface area contributed by atoms with Crippen LogP contribution in [0.25, 0.3) is 0 Å². The van der Waals surface area contributed by atoms with E-state index in [4.69, 9.17) is 11.5 Å². The second-order valence-corrected chi connectivity index (χ2v) is 6.85. The first-order chi connectivity index (χ1) is 8.92. The smallest absolute Gasteiger partial charge is 0.227 e. The maximum absolute atomic E-state index is 12.7. The molecule has 2 fully saturated rings. The van der Waals surface area contributed by atoms with Gasteiger partial charge in [0.15, 0.2) is 0 Å². The van der Waals surface area contributed by atoms with Crippen LogP contribution in [0.1, 0.15) is 52.4 Å². The highest BCUT2D eigenvalue weighted by Gasteiger charge is 2.40. The van der Waals surface area contributed by atoms with E-state index in [9.17, 15) is 4.79 Å². The van der Waals surface area contributed by atoms with Gasteiger partial charge in [0, 0.05) is 24.7 Å². The topological polar surface area (TPSA) is 72.3 Å². The molecule has 4 nitrogen and oxygen atoms in total. The molecule has 2 aliphatic rings. The van der Waals surface area contributed by atoms with E-state index in [1.165, 1.54) is 0 Å². The predicted molar refractivity (Wildman–Crippen MR) is 77.5 cm³/mol. The summed E-state index contributed by atoms with van der Waals surface area (Å²) in [6.07, 6.45) is 6.42. The Morgan fingerprint density at radius 1 is 1.32 bits per heavy atom. The summed E-state index contributed by atoms with van der Waals surface area (Å²) in [7, 11) is 0. The fourth-order valence-electron chi connectivity index (χ4n) is 3.62. The zero-order valence-electron chi connectivity index (χ0n) is 12.4. The van der Waals surface area contributed by atoms with Crippen molar-refractivity contribution in [2.24, 2.45) is 23.3 Å². The molecule has 1 aliphatic carbocycles. The summed E-state index contributed by atoms with van der Waals surface area (Å²) < 4.78 is 0. The Labute approximate surface area is 116 Å². The molecule has 1 saturated heterocycles. The molecule has 4 N–H and O–H groups in total. The van der Waals surface area contributed by atoms with Gasteiger partial charge in [-0.05, 0) is 45.4 Å². The fourth-order valence-corrected chi connectivity index (χ4v) is 3.62. The van der Waals surface area contributed by atoms with Crippen molar-refractivity contribution in [2.45, 2.75) is 64.0 Å². The number of rotatable bonds is 2. The van der Waals surface area contributed by atoms with Gasteiger partial charge < -0.3 is 16.4 Å². The van der Waals surface area contributed by atoms with Crippen LogP contribution in [0.2, 0.25) is 0 Å². The minimum Gasteiger partial charge on any atom is -0.342 e. The van der Waals surface area contributed by atoms with Gasteiger partial charge in [-0.1, -0.05) is 12.8 Å². The van der Waals surface area contributed by atoms with Gasteiger partial charge in [-0.25, -0.2) is 0 Å². The highest BCUT2D eigenvalue weighted by atomic mass is 16.2. The first-order valence-corrected chi connectivity index (χ1v) is 7.75. The first-order valence-electron chi connectivity index (χ1n) is 7.75. The van der Waals surface area contributed by atoms with Gasteiger partial charge in [0.25, 0.3) is 0 Å². The third-order valence-electron chi connectivity index (χ3n) is 5.07. The molecule has 1 aliphatic heterocycles. The Kier molecular flexibility index (Phi) is 4.51. The zero-order chi connectivity index (χ0) is 14.0. The maximum Gasteiger partial charge on any atom is 0.227 e. The molecule has 2 rings (SSSR count). The normalized spacial score (nSPS) is 38.0. The molecule has 0 aromatic rings. The molecular formula is C15H29N3O. The highest BCUT2D eigenvalue weighted by molar-refractivity contribution is 5.80. The van der Waals surface area contributed by atoms with E-state index in [2.05, 4.69) is 0 Å². The van der Waals surface area contributed by atoms with Crippen molar-refractivity contribution in [3.8, 4) is 0 Å². The van der Waals surface area contributed by atoms with Crippen LogP contribution in [0, 0.1) is 11.8 Å². The van der Waals surface area contributed by atoms with Gasteiger partial charge in [0.1, 0.15) is 0 Å². The van der Waals surface area contributed by atoms with Crippen LogP contribution in [0.4, 0.5) is 0 Å². The van der Waals surface area contributed by atoms with Crippen molar-refractivity contribution >= 4 is 5.91 Å². The molecule has 0 bridgehead atoms. The quantitative estimate of drug-likeness (QED) is 0.796.